The van der Waals surface area contributed by atoms with E-state index in [0.717, 1.165) is 19.4 Å². The molecule has 1 aliphatic rings. The first kappa shape index (κ1) is 12.9. The van der Waals surface area contributed by atoms with Crippen LogP contribution in [0.2, 0.25) is 0 Å². The molecule has 2 heterocycles. The molecule has 1 saturated heterocycles. The summed E-state index contributed by atoms with van der Waals surface area (Å²) in [5, 5.41) is 20.7. The number of nitrogens with zero attached hydrogens (tertiary/aromatic N) is 5. The molecule has 100 valence electrons. The number of carboxylic acid groups (broad SMARTS) is 1. The number of rotatable bonds is 5. The van der Waals surface area contributed by atoms with Crippen molar-refractivity contribution in [2.75, 3.05) is 6.54 Å². The minimum absolute atomic E-state index is 0.231. The molecule has 1 aliphatic heterocycles. The van der Waals surface area contributed by atoms with E-state index in [1.165, 1.54) is 11.2 Å². The number of aryl methyl sites for hydroxylation is 1. The van der Waals surface area contributed by atoms with Crippen molar-refractivity contribution in [3.63, 3.8) is 0 Å². The molecule has 1 aromatic rings. The number of hydrogen-bond donors (Lipinski definition) is 1. The number of tetrazole rings is 1. The van der Waals surface area contributed by atoms with Gasteiger partial charge in [0.1, 0.15) is 0 Å². The zero-order chi connectivity index (χ0) is 13.0. The second-order valence-electron chi connectivity index (χ2n) is 4.75. The Kier molecular flexibility index (Phi) is 4.24. The molecule has 18 heavy (non-hydrogen) atoms. The monoisotopic (exact) mass is 253 g/mol. The maximum absolute atomic E-state index is 10.7. The van der Waals surface area contributed by atoms with Gasteiger partial charge in [-0.05, 0) is 31.0 Å². The standard InChI is InChI=1S/C11H19N5O2/c1-15-13-10(12-14-15)8-16-7-3-2-4-9(16)5-6-11(17)18/h9H,2-8H2,1H3,(H,17,18). The van der Waals surface area contributed by atoms with E-state index in [9.17, 15) is 4.79 Å². The fourth-order valence-corrected chi connectivity index (χ4v) is 2.45. The lowest BCUT2D eigenvalue weighted by Gasteiger charge is -2.34. The summed E-state index contributed by atoms with van der Waals surface area (Å²) < 4.78 is 0. The van der Waals surface area contributed by atoms with Crippen LogP contribution < -0.4 is 0 Å². The van der Waals surface area contributed by atoms with E-state index in [-0.39, 0.29) is 6.42 Å². The lowest BCUT2D eigenvalue weighted by atomic mass is 9.98. The highest BCUT2D eigenvalue weighted by Gasteiger charge is 2.24. The molecule has 0 aromatic carbocycles. The first-order chi connectivity index (χ1) is 8.65. The van der Waals surface area contributed by atoms with Crippen molar-refractivity contribution in [2.24, 2.45) is 7.05 Å². The average Bonchev–Trinajstić information content (AvgIpc) is 2.73. The first-order valence-electron chi connectivity index (χ1n) is 6.34. The fraction of sp³-hybridized carbons (Fsp3) is 0.818. The normalized spacial score (nSPS) is 21.1. The number of piperidine rings is 1. The zero-order valence-corrected chi connectivity index (χ0v) is 10.6. The van der Waals surface area contributed by atoms with Crippen molar-refractivity contribution in [3.8, 4) is 0 Å². The summed E-state index contributed by atoms with van der Waals surface area (Å²) in [5.74, 6) is -0.0159. The molecule has 0 amide bonds. The molecule has 1 aromatic heterocycles. The van der Waals surface area contributed by atoms with Gasteiger partial charge in [-0.2, -0.15) is 4.80 Å². The van der Waals surface area contributed by atoms with Gasteiger partial charge in [0.15, 0.2) is 5.82 Å². The van der Waals surface area contributed by atoms with E-state index in [1.54, 1.807) is 7.05 Å². The Balaban J connectivity index is 1.92. The largest absolute Gasteiger partial charge is 0.481 e. The van der Waals surface area contributed by atoms with Crippen molar-refractivity contribution >= 4 is 5.97 Å². The molecule has 1 fully saturated rings. The van der Waals surface area contributed by atoms with Gasteiger partial charge in [-0.1, -0.05) is 6.42 Å². The summed E-state index contributed by atoms with van der Waals surface area (Å²) in [6.07, 6.45) is 4.33. The Morgan fingerprint density at radius 1 is 1.50 bits per heavy atom. The lowest BCUT2D eigenvalue weighted by molar-refractivity contribution is -0.137. The Labute approximate surface area is 106 Å². The van der Waals surface area contributed by atoms with Crippen molar-refractivity contribution < 1.29 is 9.90 Å². The van der Waals surface area contributed by atoms with Crippen molar-refractivity contribution in [2.45, 2.75) is 44.7 Å². The SMILES string of the molecule is Cn1nnc(CN2CCCCC2CCC(=O)O)n1. The molecule has 0 spiro atoms. The molecule has 0 radical (unpaired) electrons. The number of aliphatic carboxylic acids is 1. The van der Waals surface area contributed by atoms with Crippen LogP contribution in [0, 0.1) is 0 Å². The minimum Gasteiger partial charge on any atom is -0.481 e. The topological polar surface area (TPSA) is 84.1 Å². The molecule has 7 nitrogen and oxygen atoms in total. The summed E-state index contributed by atoms with van der Waals surface area (Å²) in [7, 11) is 1.74. The van der Waals surface area contributed by atoms with Gasteiger partial charge < -0.3 is 5.11 Å². The lowest BCUT2D eigenvalue weighted by Crippen LogP contribution is -2.39. The van der Waals surface area contributed by atoms with Crippen molar-refractivity contribution in [1.82, 2.24) is 25.1 Å². The van der Waals surface area contributed by atoms with Gasteiger partial charge in [0.2, 0.25) is 0 Å². The maximum Gasteiger partial charge on any atom is 0.303 e. The second-order valence-corrected chi connectivity index (χ2v) is 4.75. The molecule has 1 N–H and O–H groups in total. The Hall–Kier alpha value is -1.50. The smallest absolute Gasteiger partial charge is 0.303 e. The molecular formula is C11H19N5O2. The van der Waals surface area contributed by atoms with Crippen LogP contribution in [0.25, 0.3) is 0 Å². The van der Waals surface area contributed by atoms with E-state index in [1.807, 2.05) is 0 Å². The highest BCUT2D eigenvalue weighted by Crippen LogP contribution is 2.22. The number of hydrogen-bond acceptors (Lipinski definition) is 5. The van der Waals surface area contributed by atoms with Gasteiger partial charge in [0.05, 0.1) is 13.6 Å². The van der Waals surface area contributed by atoms with E-state index in [2.05, 4.69) is 20.3 Å². The molecule has 0 aliphatic carbocycles. The van der Waals surface area contributed by atoms with Crippen LogP contribution in [-0.4, -0.2) is 48.8 Å². The summed E-state index contributed by atoms with van der Waals surface area (Å²) in [4.78, 5) is 14.4. The van der Waals surface area contributed by atoms with Crippen LogP contribution >= 0.6 is 0 Å². The van der Waals surface area contributed by atoms with Gasteiger partial charge in [-0.3, -0.25) is 9.69 Å². The molecular weight excluding hydrogens is 234 g/mol. The number of aromatic nitrogens is 4. The summed E-state index contributed by atoms with van der Waals surface area (Å²) in [6.45, 7) is 1.65. The van der Waals surface area contributed by atoms with E-state index in [0.29, 0.717) is 24.8 Å². The van der Waals surface area contributed by atoms with Gasteiger partial charge >= 0.3 is 5.97 Å². The summed E-state index contributed by atoms with van der Waals surface area (Å²) in [6, 6.07) is 0.332. The number of likely N-dealkylation sites (tertiary alicyclic amines) is 1. The quantitative estimate of drug-likeness (QED) is 0.819. The van der Waals surface area contributed by atoms with E-state index >= 15 is 0 Å². The van der Waals surface area contributed by atoms with Crippen LogP contribution in [0.4, 0.5) is 0 Å². The highest BCUT2D eigenvalue weighted by atomic mass is 16.4. The minimum atomic E-state index is -0.724. The third-order valence-electron chi connectivity index (χ3n) is 3.33. The first-order valence-corrected chi connectivity index (χ1v) is 6.34. The maximum atomic E-state index is 10.7. The number of carboxylic acids is 1. The van der Waals surface area contributed by atoms with Crippen molar-refractivity contribution in [3.05, 3.63) is 5.82 Å². The Morgan fingerprint density at radius 2 is 2.33 bits per heavy atom. The van der Waals surface area contributed by atoms with Crippen LogP contribution in [0.3, 0.4) is 0 Å². The highest BCUT2D eigenvalue weighted by molar-refractivity contribution is 5.66. The van der Waals surface area contributed by atoms with E-state index in [4.69, 9.17) is 5.11 Å². The molecule has 0 bridgehead atoms. The Morgan fingerprint density at radius 3 is 3.00 bits per heavy atom. The zero-order valence-electron chi connectivity index (χ0n) is 10.6. The molecule has 2 rings (SSSR count). The third kappa shape index (κ3) is 3.49. The van der Waals surface area contributed by atoms with Crippen LogP contribution in [-0.2, 0) is 18.4 Å². The third-order valence-corrected chi connectivity index (χ3v) is 3.33. The van der Waals surface area contributed by atoms with Gasteiger partial charge in [-0.15, -0.1) is 10.2 Å². The molecule has 7 heteroatoms. The van der Waals surface area contributed by atoms with Gasteiger partial charge in [-0.25, -0.2) is 0 Å². The second kappa shape index (κ2) is 5.90. The van der Waals surface area contributed by atoms with Crippen LogP contribution in [0.15, 0.2) is 0 Å². The van der Waals surface area contributed by atoms with Gasteiger partial charge in [0, 0.05) is 12.5 Å². The van der Waals surface area contributed by atoms with Crippen molar-refractivity contribution in [1.29, 1.82) is 0 Å². The molecule has 0 saturated carbocycles. The average molecular weight is 253 g/mol. The predicted molar refractivity (Wildman–Crippen MR) is 63.7 cm³/mol. The summed E-state index contributed by atoms with van der Waals surface area (Å²) >= 11 is 0. The predicted octanol–water partition coefficient (Wildman–Crippen LogP) is 0.429. The van der Waals surface area contributed by atoms with Crippen LogP contribution in [0.5, 0.6) is 0 Å². The van der Waals surface area contributed by atoms with Crippen LogP contribution in [0.1, 0.15) is 37.9 Å². The summed E-state index contributed by atoms with van der Waals surface area (Å²) in [5.41, 5.74) is 0. The molecule has 1 atom stereocenters. The van der Waals surface area contributed by atoms with Gasteiger partial charge in [0.25, 0.3) is 0 Å². The Bertz CT molecular complexity index is 406. The fourth-order valence-electron chi connectivity index (χ4n) is 2.45. The number of carbonyl (C=O) groups is 1. The molecule has 1 unspecified atom stereocenters. The van der Waals surface area contributed by atoms with E-state index < -0.39 is 5.97 Å².